The lowest BCUT2D eigenvalue weighted by molar-refractivity contribution is -0.0245. The van der Waals surface area contributed by atoms with Crippen LogP contribution < -0.4 is 15.8 Å². The van der Waals surface area contributed by atoms with Gasteiger partial charge in [-0.15, -0.1) is 0 Å². The molecule has 168 valence electrons. The van der Waals surface area contributed by atoms with E-state index in [-0.39, 0.29) is 11.8 Å². The fourth-order valence-corrected chi connectivity index (χ4v) is 4.44. The van der Waals surface area contributed by atoms with Crippen molar-refractivity contribution < 1.29 is 14.3 Å². The number of nitrogens with two attached hydrogens (primary N) is 1. The number of nitrogen functional groups attached to an aromatic ring is 1. The molecule has 0 aromatic heterocycles. The molecule has 32 heavy (non-hydrogen) atoms. The van der Waals surface area contributed by atoms with Crippen molar-refractivity contribution in [2.24, 2.45) is 0 Å². The van der Waals surface area contributed by atoms with Crippen LogP contribution in [0.4, 0.5) is 5.69 Å². The van der Waals surface area contributed by atoms with Crippen LogP contribution in [-0.2, 0) is 6.42 Å². The maximum Gasteiger partial charge on any atom is 0.258 e. The first-order chi connectivity index (χ1) is 15.3. The lowest BCUT2D eigenvalue weighted by Gasteiger charge is -2.44. The predicted octanol–water partition coefficient (Wildman–Crippen LogP) is 3.71. The van der Waals surface area contributed by atoms with E-state index >= 15 is 0 Å². The fraction of sp³-hybridized carbons (Fsp3) is 0.400. The highest BCUT2D eigenvalue weighted by Gasteiger charge is 2.43. The van der Waals surface area contributed by atoms with E-state index < -0.39 is 5.72 Å². The number of nitrogens with zero attached hydrogens (tertiary/aromatic N) is 1. The molecule has 2 aromatic carbocycles. The Morgan fingerprint density at radius 2 is 2.00 bits per heavy atom. The molecular formula is C25H30N4O3. The van der Waals surface area contributed by atoms with Crippen LogP contribution in [-0.4, -0.2) is 41.7 Å². The number of anilines is 1. The van der Waals surface area contributed by atoms with E-state index in [1.807, 2.05) is 31.2 Å². The molecule has 0 unspecified atom stereocenters. The molecule has 2 aliphatic heterocycles. The van der Waals surface area contributed by atoms with E-state index in [1.165, 1.54) is 6.21 Å². The van der Waals surface area contributed by atoms with E-state index in [9.17, 15) is 9.59 Å². The van der Waals surface area contributed by atoms with Crippen LogP contribution >= 0.6 is 0 Å². The SMILES string of the molecule is CCc1cc(C(=O)N2CCC3(CC2)NC(=O)c2cc(C(C)C)ccc2O3)cc(C=N)c1N. The van der Waals surface area contributed by atoms with Gasteiger partial charge in [-0.2, -0.15) is 0 Å². The summed E-state index contributed by atoms with van der Waals surface area (Å²) in [6, 6.07) is 9.27. The molecule has 2 aliphatic rings. The van der Waals surface area contributed by atoms with Crippen molar-refractivity contribution in [2.75, 3.05) is 18.8 Å². The smallest absolute Gasteiger partial charge is 0.258 e. The van der Waals surface area contributed by atoms with Gasteiger partial charge < -0.3 is 26.1 Å². The molecule has 1 fully saturated rings. The van der Waals surface area contributed by atoms with Gasteiger partial charge in [-0.25, -0.2) is 0 Å². The molecule has 0 atom stereocenters. The number of rotatable bonds is 4. The molecule has 1 spiro atoms. The predicted molar refractivity (Wildman–Crippen MR) is 125 cm³/mol. The summed E-state index contributed by atoms with van der Waals surface area (Å²) in [4.78, 5) is 27.8. The lowest BCUT2D eigenvalue weighted by atomic mass is 9.94. The van der Waals surface area contributed by atoms with Gasteiger partial charge in [0.25, 0.3) is 11.8 Å². The Labute approximate surface area is 188 Å². The number of hydrogen-bond acceptors (Lipinski definition) is 5. The first-order valence-electron chi connectivity index (χ1n) is 11.1. The summed E-state index contributed by atoms with van der Waals surface area (Å²) in [5.74, 6) is 0.699. The summed E-state index contributed by atoms with van der Waals surface area (Å²) >= 11 is 0. The van der Waals surface area contributed by atoms with Gasteiger partial charge in [-0.05, 0) is 47.7 Å². The molecule has 7 heteroatoms. The average Bonchev–Trinajstić information content (AvgIpc) is 2.79. The number of piperidine rings is 1. The molecule has 0 aliphatic carbocycles. The van der Waals surface area contributed by atoms with Crippen molar-refractivity contribution in [1.29, 1.82) is 5.41 Å². The van der Waals surface area contributed by atoms with Crippen molar-refractivity contribution >= 4 is 23.7 Å². The monoisotopic (exact) mass is 434 g/mol. The van der Waals surface area contributed by atoms with Crippen LogP contribution in [0.1, 0.15) is 76.9 Å². The summed E-state index contributed by atoms with van der Waals surface area (Å²) < 4.78 is 6.27. The second-order valence-corrected chi connectivity index (χ2v) is 8.89. The fourth-order valence-electron chi connectivity index (χ4n) is 4.44. The van der Waals surface area contributed by atoms with E-state index in [1.54, 1.807) is 11.0 Å². The number of likely N-dealkylation sites (tertiary alicyclic amines) is 1. The number of aryl methyl sites for hydroxylation is 1. The molecule has 2 heterocycles. The largest absolute Gasteiger partial charge is 0.467 e. The average molecular weight is 435 g/mol. The van der Waals surface area contributed by atoms with Crippen LogP contribution in [0, 0.1) is 5.41 Å². The Bertz CT molecular complexity index is 1080. The van der Waals surface area contributed by atoms with Gasteiger partial charge in [-0.3, -0.25) is 9.59 Å². The maximum atomic E-state index is 13.2. The van der Waals surface area contributed by atoms with Crippen molar-refractivity contribution in [2.45, 2.75) is 51.7 Å². The summed E-state index contributed by atoms with van der Waals surface area (Å²) in [5.41, 5.74) is 9.46. The molecule has 0 radical (unpaired) electrons. The zero-order chi connectivity index (χ0) is 23.0. The summed E-state index contributed by atoms with van der Waals surface area (Å²) in [5, 5.41) is 10.6. The highest BCUT2D eigenvalue weighted by atomic mass is 16.5. The highest BCUT2D eigenvalue weighted by Crippen LogP contribution is 2.35. The zero-order valence-electron chi connectivity index (χ0n) is 18.8. The molecule has 2 amide bonds. The topological polar surface area (TPSA) is 109 Å². The first kappa shape index (κ1) is 21.9. The third-order valence-corrected chi connectivity index (χ3v) is 6.50. The molecule has 7 nitrogen and oxygen atoms in total. The minimum Gasteiger partial charge on any atom is -0.467 e. The minimum atomic E-state index is -0.796. The van der Waals surface area contributed by atoms with E-state index in [2.05, 4.69) is 19.2 Å². The van der Waals surface area contributed by atoms with Gasteiger partial charge in [0.2, 0.25) is 0 Å². The normalized spacial score (nSPS) is 17.0. The first-order valence-corrected chi connectivity index (χ1v) is 11.1. The number of amides is 2. The number of fused-ring (bicyclic) bond motifs is 1. The molecule has 0 bridgehead atoms. The molecule has 4 rings (SSSR count). The van der Waals surface area contributed by atoms with Crippen molar-refractivity contribution in [3.05, 3.63) is 58.1 Å². The summed E-state index contributed by atoms with van der Waals surface area (Å²) in [6.45, 7) is 7.08. The number of carbonyl (C=O) groups is 2. The Kier molecular flexibility index (Phi) is 5.67. The Balaban J connectivity index is 1.50. The molecule has 0 saturated carbocycles. The second-order valence-electron chi connectivity index (χ2n) is 8.89. The van der Waals surface area contributed by atoms with Crippen LogP contribution in [0.15, 0.2) is 30.3 Å². The molecule has 2 aromatic rings. The van der Waals surface area contributed by atoms with Gasteiger partial charge in [0, 0.05) is 49.0 Å². The highest BCUT2D eigenvalue weighted by molar-refractivity contribution is 5.99. The molecular weight excluding hydrogens is 404 g/mol. The summed E-state index contributed by atoms with van der Waals surface area (Å²) in [7, 11) is 0. The number of benzene rings is 2. The van der Waals surface area contributed by atoms with Crippen molar-refractivity contribution in [3.8, 4) is 5.75 Å². The van der Waals surface area contributed by atoms with Gasteiger partial charge in [0.05, 0.1) is 5.56 Å². The quantitative estimate of drug-likeness (QED) is 0.503. The van der Waals surface area contributed by atoms with Crippen LogP contribution in [0.25, 0.3) is 0 Å². The number of hydrogen-bond donors (Lipinski definition) is 3. The number of ether oxygens (including phenoxy) is 1. The van der Waals surface area contributed by atoms with Crippen molar-refractivity contribution in [1.82, 2.24) is 10.2 Å². The summed E-state index contributed by atoms with van der Waals surface area (Å²) in [6.07, 6.45) is 2.88. The van der Waals surface area contributed by atoms with Gasteiger partial charge in [0.15, 0.2) is 5.72 Å². The van der Waals surface area contributed by atoms with Crippen LogP contribution in [0.3, 0.4) is 0 Å². The zero-order valence-corrected chi connectivity index (χ0v) is 18.8. The van der Waals surface area contributed by atoms with Crippen LogP contribution in [0.5, 0.6) is 5.75 Å². The van der Waals surface area contributed by atoms with Gasteiger partial charge >= 0.3 is 0 Å². The Morgan fingerprint density at radius 3 is 2.62 bits per heavy atom. The van der Waals surface area contributed by atoms with Gasteiger partial charge in [-0.1, -0.05) is 26.8 Å². The van der Waals surface area contributed by atoms with Crippen molar-refractivity contribution in [3.63, 3.8) is 0 Å². The standard InChI is InChI=1S/C25H30N4O3/c1-4-16-11-18(12-19(14-26)22(16)27)24(31)29-9-7-25(8-10-29)28-23(30)20-13-17(15(2)3)5-6-21(20)32-25/h5-6,11-15,26H,4,7-10,27H2,1-3H3,(H,28,30). The molecule has 4 N–H and O–H groups in total. The third kappa shape index (κ3) is 3.83. The van der Waals surface area contributed by atoms with E-state index in [0.717, 1.165) is 11.1 Å². The van der Waals surface area contributed by atoms with E-state index in [4.69, 9.17) is 15.9 Å². The molecule has 1 saturated heterocycles. The minimum absolute atomic E-state index is 0.0956. The Hall–Kier alpha value is -3.35. The van der Waals surface area contributed by atoms with E-state index in [0.29, 0.717) is 66.4 Å². The number of nitrogens with one attached hydrogen (secondary N) is 2. The lowest BCUT2D eigenvalue weighted by Crippen LogP contribution is -2.61. The third-order valence-electron chi connectivity index (χ3n) is 6.50. The number of carbonyl (C=O) groups excluding carboxylic acids is 2. The second kappa shape index (κ2) is 8.30. The van der Waals surface area contributed by atoms with Crippen LogP contribution in [0.2, 0.25) is 0 Å². The maximum absolute atomic E-state index is 13.2. The van der Waals surface area contributed by atoms with Gasteiger partial charge in [0.1, 0.15) is 5.75 Å². The Morgan fingerprint density at radius 1 is 1.28 bits per heavy atom.